The third-order valence-electron chi connectivity index (χ3n) is 4.85. The Morgan fingerprint density at radius 1 is 1.00 bits per heavy atom. The maximum absolute atomic E-state index is 14.2. The van der Waals surface area contributed by atoms with Gasteiger partial charge in [0, 0.05) is 24.2 Å². The zero-order valence-corrected chi connectivity index (χ0v) is 15.5. The molecule has 3 aromatic rings. The lowest BCUT2D eigenvalue weighted by Gasteiger charge is -2.29. The fourth-order valence-electron chi connectivity index (χ4n) is 3.60. The summed E-state index contributed by atoms with van der Waals surface area (Å²) in [6, 6.07) is 22.0. The number of carbonyl (C=O) groups is 1. The minimum atomic E-state index is -0.381. The van der Waals surface area contributed by atoms with Crippen LogP contribution in [0, 0.1) is 5.82 Å². The van der Waals surface area contributed by atoms with Crippen LogP contribution in [0.2, 0.25) is 5.02 Å². The Labute approximate surface area is 162 Å². The zero-order chi connectivity index (χ0) is 19.0. The standard InChI is InChI=1S/C22H18ClFN2O/c1-25(14-17-18(23)11-7-12-19(17)24)26-20-13-6-5-10-16(20)21(22(26)27)15-8-3-2-4-9-15/h2-13,21H,14H2,1H3/t21-/m0/s1. The van der Waals surface area contributed by atoms with Gasteiger partial charge in [0.05, 0.1) is 11.6 Å². The van der Waals surface area contributed by atoms with Gasteiger partial charge in [-0.1, -0.05) is 66.2 Å². The Kier molecular flexibility index (Phi) is 4.68. The van der Waals surface area contributed by atoms with Crippen LogP contribution in [0.25, 0.3) is 0 Å². The van der Waals surface area contributed by atoms with Crippen molar-refractivity contribution in [1.29, 1.82) is 0 Å². The van der Waals surface area contributed by atoms with Crippen molar-refractivity contribution in [2.24, 2.45) is 0 Å². The maximum atomic E-state index is 14.2. The number of hydrogen-bond donors (Lipinski definition) is 0. The predicted molar refractivity (Wildman–Crippen MR) is 105 cm³/mol. The van der Waals surface area contributed by atoms with Gasteiger partial charge < -0.3 is 0 Å². The number of amides is 1. The first-order chi connectivity index (χ1) is 13.1. The fraction of sp³-hybridized carbons (Fsp3) is 0.136. The second kappa shape index (κ2) is 7.14. The molecule has 0 aromatic heterocycles. The van der Waals surface area contributed by atoms with E-state index < -0.39 is 0 Å². The number of hydrogen-bond acceptors (Lipinski definition) is 2. The van der Waals surface area contributed by atoms with E-state index in [1.807, 2.05) is 54.6 Å². The lowest BCUT2D eigenvalue weighted by Crippen LogP contribution is -2.42. The number of rotatable bonds is 4. The molecule has 27 heavy (non-hydrogen) atoms. The monoisotopic (exact) mass is 380 g/mol. The van der Waals surface area contributed by atoms with Gasteiger partial charge in [0.25, 0.3) is 5.91 Å². The second-order valence-corrected chi connectivity index (χ2v) is 6.98. The van der Waals surface area contributed by atoms with E-state index in [1.165, 1.54) is 6.07 Å². The van der Waals surface area contributed by atoms with Crippen LogP contribution in [-0.2, 0) is 11.3 Å². The molecule has 0 unspecified atom stereocenters. The van der Waals surface area contributed by atoms with Crippen LogP contribution in [0.15, 0.2) is 72.8 Å². The average Bonchev–Trinajstić information content (AvgIpc) is 2.97. The highest BCUT2D eigenvalue weighted by Gasteiger charge is 2.40. The molecule has 0 N–H and O–H groups in total. The van der Waals surface area contributed by atoms with Gasteiger partial charge in [-0.2, -0.15) is 0 Å². The lowest BCUT2D eigenvalue weighted by molar-refractivity contribution is -0.121. The molecule has 0 bridgehead atoms. The predicted octanol–water partition coefficient (Wildman–Crippen LogP) is 5.00. The van der Waals surface area contributed by atoms with Gasteiger partial charge in [-0.25, -0.2) is 14.4 Å². The SMILES string of the molecule is CN(Cc1c(F)cccc1Cl)N1C(=O)[C@@H](c2ccccc2)c2ccccc21. The first-order valence-electron chi connectivity index (χ1n) is 8.69. The van der Waals surface area contributed by atoms with Crippen molar-refractivity contribution in [3.63, 3.8) is 0 Å². The molecule has 4 rings (SSSR count). The van der Waals surface area contributed by atoms with Crippen molar-refractivity contribution >= 4 is 23.2 Å². The van der Waals surface area contributed by atoms with Gasteiger partial charge in [0.15, 0.2) is 0 Å². The van der Waals surface area contributed by atoms with E-state index in [0.29, 0.717) is 10.6 Å². The van der Waals surface area contributed by atoms with Crippen molar-refractivity contribution in [3.8, 4) is 0 Å². The minimum Gasteiger partial charge on any atom is -0.272 e. The summed E-state index contributed by atoms with van der Waals surface area (Å²) in [5.41, 5.74) is 3.07. The summed E-state index contributed by atoms with van der Waals surface area (Å²) < 4.78 is 14.2. The third-order valence-corrected chi connectivity index (χ3v) is 5.21. The first-order valence-corrected chi connectivity index (χ1v) is 9.07. The molecule has 0 saturated carbocycles. The molecular weight excluding hydrogens is 363 g/mol. The number of para-hydroxylation sites is 1. The molecule has 5 heteroatoms. The molecule has 1 heterocycles. The van der Waals surface area contributed by atoms with Crippen LogP contribution in [0.1, 0.15) is 22.6 Å². The Morgan fingerprint density at radius 3 is 2.44 bits per heavy atom. The summed E-state index contributed by atoms with van der Waals surface area (Å²) in [6.07, 6.45) is 0. The molecule has 136 valence electrons. The molecule has 1 atom stereocenters. The highest BCUT2D eigenvalue weighted by atomic mass is 35.5. The van der Waals surface area contributed by atoms with Crippen molar-refractivity contribution in [1.82, 2.24) is 5.01 Å². The highest BCUT2D eigenvalue weighted by Crippen LogP contribution is 2.41. The largest absolute Gasteiger partial charge is 0.272 e. The molecule has 1 aliphatic heterocycles. The molecule has 0 radical (unpaired) electrons. The average molecular weight is 381 g/mol. The lowest BCUT2D eigenvalue weighted by atomic mass is 9.93. The quantitative estimate of drug-likeness (QED) is 0.635. The smallest absolute Gasteiger partial charge is 0.253 e. The van der Waals surface area contributed by atoms with Crippen LogP contribution in [-0.4, -0.2) is 18.0 Å². The molecule has 0 aliphatic carbocycles. The van der Waals surface area contributed by atoms with E-state index in [0.717, 1.165) is 16.8 Å². The Bertz CT molecular complexity index is 972. The van der Waals surface area contributed by atoms with E-state index in [9.17, 15) is 9.18 Å². The highest BCUT2D eigenvalue weighted by molar-refractivity contribution is 6.31. The molecule has 0 spiro atoms. The summed E-state index contributed by atoms with van der Waals surface area (Å²) in [6.45, 7) is 0.188. The van der Waals surface area contributed by atoms with E-state index >= 15 is 0 Å². The summed E-state index contributed by atoms with van der Waals surface area (Å²) in [4.78, 5) is 13.3. The van der Waals surface area contributed by atoms with E-state index in [-0.39, 0.29) is 24.2 Å². The number of fused-ring (bicyclic) bond motifs is 1. The Morgan fingerprint density at radius 2 is 1.70 bits per heavy atom. The number of carbonyl (C=O) groups excluding carboxylic acids is 1. The van der Waals surface area contributed by atoms with Crippen molar-refractivity contribution in [2.75, 3.05) is 12.1 Å². The minimum absolute atomic E-state index is 0.0580. The third kappa shape index (κ3) is 3.11. The van der Waals surface area contributed by atoms with Crippen molar-refractivity contribution < 1.29 is 9.18 Å². The topological polar surface area (TPSA) is 23.6 Å². The molecule has 0 fully saturated rings. The van der Waals surface area contributed by atoms with Crippen LogP contribution in [0.3, 0.4) is 0 Å². The summed E-state index contributed by atoms with van der Waals surface area (Å²) in [7, 11) is 1.77. The van der Waals surface area contributed by atoms with Gasteiger partial charge in [0.2, 0.25) is 0 Å². The summed E-state index contributed by atoms with van der Waals surface area (Å²) in [5.74, 6) is -0.813. The van der Waals surface area contributed by atoms with E-state index in [2.05, 4.69) is 0 Å². The van der Waals surface area contributed by atoms with Crippen molar-refractivity contribution in [2.45, 2.75) is 12.5 Å². The molecule has 1 aliphatic rings. The number of benzene rings is 3. The fourth-order valence-corrected chi connectivity index (χ4v) is 3.82. The molecule has 0 saturated heterocycles. The Balaban J connectivity index is 1.72. The molecule has 3 nitrogen and oxygen atoms in total. The Hall–Kier alpha value is -2.69. The van der Waals surface area contributed by atoms with Gasteiger partial charge in [-0.3, -0.25) is 4.79 Å². The van der Waals surface area contributed by atoms with Crippen LogP contribution >= 0.6 is 11.6 Å². The van der Waals surface area contributed by atoms with Gasteiger partial charge in [0.1, 0.15) is 5.82 Å². The van der Waals surface area contributed by atoms with E-state index in [1.54, 1.807) is 29.2 Å². The second-order valence-electron chi connectivity index (χ2n) is 6.57. The maximum Gasteiger partial charge on any atom is 0.253 e. The molecular formula is C22H18ClFN2O. The summed E-state index contributed by atoms with van der Waals surface area (Å²) in [5, 5.41) is 3.69. The van der Waals surface area contributed by atoms with Crippen molar-refractivity contribution in [3.05, 3.63) is 100 Å². The number of hydrazine groups is 1. The number of anilines is 1. The van der Waals surface area contributed by atoms with Gasteiger partial charge in [-0.15, -0.1) is 0 Å². The van der Waals surface area contributed by atoms with Gasteiger partial charge >= 0.3 is 0 Å². The van der Waals surface area contributed by atoms with E-state index in [4.69, 9.17) is 11.6 Å². The first kappa shape index (κ1) is 17.7. The van der Waals surface area contributed by atoms with Crippen LogP contribution < -0.4 is 5.01 Å². The molecule has 3 aromatic carbocycles. The van der Waals surface area contributed by atoms with Gasteiger partial charge in [-0.05, 0) is 29.3 Å². The normalized spacial score (nSPS) is 16.1. The van der Waals surface area contributed by atoms with Crippen LogP contribution in [0.4, 0.5) is 10.1 Å². The number of nitrogens with zero attached hydrogens (tertiary/aromatic N) is 2. The zero-order valence-electron chi connectivity index (χ0n) is 14.8. The summed E-state index contributed by atoms with van der Waals surface area (Å²) >= 11 is 6.17. The van der Waals surface area contributed by atoms with Crippen LogP contribution in [0.5, 0.6) is 0 Å². The number of halogens is 2. The molecule has 1 amide bonds.